The van der Waals surface area contributed by atoms with Crippen LogP contribution in [0.15, 0.2) is 0 Å². The van der Waals surface area contributed by atoms with Crippen molar-refractivity contribution in [3.63, 3.8) is 0 Å². The van der Waals surface area contributed by atoms with Crippen molar-refractivity contribution in [2.24, 2.45) is 0 Å². The van der Waals surface area contributed by atoms with E-state index in [4.69, 9.17) is 0 Å². The van der Waals surface area contributed by atoms with Crippen LogP contribution in [0.3, 0.4) is 0 Å². The molecule has 0 aromatic heterocycles. The van der Waals surface area contributed by atoms with Gasteiger partial charge in [0.1, 0.15) is 0 Å². The number of rotatable bonds is 0. The van der Waals surface area contributed by atoms with Gasteiger partial charge in [-0.3, -0.25) is 0 Å². The average Bonchev–Trinajstić information content (AvgIpc) is 0. The Morgan fingerprint density at radius 2 is 1.00 bits per heavy atom. The van der Waals surface area contributed by atoms with Crippen LogP contribution >= 0.6 is 0 Å². The molecule has 0 spiro atoms. The maximum Gasteiger partial charge on any atom is 0 e. The van der Waals surface area contributed by atoms with Crippen LogP contribution in [0.1, 0.15) is 0 Å². The van der Waals surface area contributed by atoms with Gasteiger partial charge in [0, 0.05) is 36.5 Å². The van der Waals surface area contributed by atoms with Gasteiger partial charge in [-0.1, -0.05) is 0 Å². The van der Waals surface area contributed by atoms with Crippen LogP contribution in [0.2, 0.25) is 0 Å². The van der Waals surface area contributed by atoms with E-state index in [1.165, 1.54) is 0 Å². The number of hydrogen-bond acceptors (Lipinski definition) is 0. The first-order chi connectivity index (χ1) is 0. The van der Waals surface area contributed by atoms with Crippen LogP contribution in [0, 0.1) is 0 Å². The first-order valence-corrected chi connectivity index (χ1v) is 0. The van der Waals surface area contributed by atoms with Gasteiger partial charge < -0.3 is 5.48 Å². The van der Waals surface area contributed by atoms with Crippen molar-refractivity contribution < 1.29 is 42.0 Å². The van der Waals surface area contributed by atoms with E-state index in [0.29, 0.717) is 0 Å². The molecule has 0 unspecified atom stereocenters. The maximum absolute atomic E-state index is 0. The second-order valence-electron chi connectivity index (χ2n) is 0. The van der Waals surface area contributed by atoms with Gasteiger partial charge in [0.15, 0.2) is 0 Å². The molecule has 0 heterocycles. The van der Waals surface area contributed by atoms with E-state index in [1.54, 1.807) is 0 Å². The largest absolute Gasteiger partial charge is 0 e. The molecule has 2 N–H and O–H groups in total. The van der Waals surface area contributed by atoms with Gasteiger partial charge in [-0.25, -0.2) is 0 Å². The van der Waals surface area contributed by atoms with Crippen molar-refractivity contribution in [1.29, 1.82) is 0 Å². The Morgan fingerprint density at radius 3 is 1.00 bits per heavy atom. The minimum Gasteiger partial charge on any atom is 0 e. The van der Waals surface area contributed by atoms with E-state index in [9.17, 15) is 0 Å². The van der Waals surface area contributed by atoms with Crippen molar-refractivity contribution in [3.05, 3.63) is 0 Å². The molecule has 0 atom stereocenters. The van der Waals surface area contributed by atoms with Gasteiger partial charge in [-0.05, 0) is 0 Å². The first-order valence-electron chi connectivity index (χ1n) is 0. The summed E-state index contributed by atoms with van der Waals surface area (Å²) in [6.45, 7) is 0. The molecule has 0 aliphatic carbocycles. The van der Waals surface area contributed by atoms with Crippen molar-refractivity contribution in [2.75, 3.05) is 0 Å². The second kappa shape index (κ2) is 20.2. The topological polar surface area (TPSA) is 31.5 Å². The molecule has 0 aromatic rings. The fourth-order valence-corrected chi connectivity index (χ4v) is 0. The molecule has 27 valence electrons. The summed E-state index contributed by atoms with van der Waals surface area (Å²) in [5.74, 6) is 0. The summed E-state index contributed by atoms with van der Waals surface area (Å²) in [6.07, 6.45) is 0. The summed E-state index contributed by atoms with van der Waals surface area (Å²) in [5.41, 5.74) is 0. The van der Waals surface area contributed by atoms with Gasteiger partial charge in [-0.2, -0.15) is 0 Å². The fourth-order valence-electron chi connectivity index (χ4n) is 0. The van der Waals surface area contributed by atoms with Crippen molar-refractivity contribution in [1.82, 2.24) is 0 Å². The molecule has 0 aromatic carbocycles. The van der Waals surface area contributed by atoms with Crippen LogP contribution in [0.4, 0.5) is 0 Å². The molecule has 0 aliphatic rings. The zero-order valence-electron chi connectivity index (χ0n) is 1.51. The van der Waals surface area contributed by atoms with Crippen molar-refractivity contribution in [3.8, 4) is 0 Å². The molecular formula is H5CuInOZn. The molecule has 1 nitrogen and oxygen atoms in total. The predicted octanol–water partition coefficient (Wildman–Crippen LogP) is -2.01. The van der Waals surface area contributed by atoms with Crippen molar-refractivity contribution >= 4 is 25.8 Å². The van der Waals surface area contributed by atoms with Crippen LogP contribution in [0.5, 0.6) is 0 Å². The molecule has 0 rings (SSSR count). The summed E-state index contributed by atoms with van der Waals surface area (Å²) in [6, 6.07) is 0. The molecule has 0 fully saturated rings. The zero-order valence-corrected chi connectivity index (χ0v) is 5.42. The van der Waals surface area contributed by atoms with E-state index >= 15 is 0 Å². The minimum absolute atomic E-state index is 0. The predicted molar refractivity (Wildman–Crippen MR) is 13.6 cm³/mol. The van der Waals surface area contributed by atoms with E-state index in [-0.39, 0.29) is 67.9 Å². The molecular weight excluding hydrogens is 260 g/mol. The SMILES string of the molecule is O.[Cu].[InH3].[Zn]. The Morgan fingerprint density at radius 1 is 1.00 bits per heavy atom. The first kappa shape index (κ1) is 37.9. The van der Waals surface area contributed by atoms with E-state index in [2.05, 4.69) is 0 Å². The maximum atomic E-state index is 0. The summed E-state index contributed by atoms with van der Waals surface area (Å²) in [4.78, 5) is 0. The Kier molecular flexibility index (Phi) is 191. The Labute approximate surface area is 67.2 Å². The van der Waals surface area contributed by atoms with Crippen LogP contribution < -0.4 is 0 Å². The standard InChI is InChI=1S/Cu.In.H2O.Zn.3H/h;;1H2;;;;. The normalized spacial score (nSPS) is 0. The molecule has 0 saturated heterocycles. The van der Waals surface area contributed by atoms with Crippen LogP contribution in [-0.4, -0.2) is 31.3 Å². The van der Waals surface area contributed by atoms with Gasteiger partial charge in [0.2, 0.25) is 0 Å². The molecule has 4 heteroatoms. The van der Waals surface area contributed by atoms with Gasteiger partial charge in [0.25, 0.3) is 0 Å². The number of hydrogen-bond donors (Lipinski definition) is 0. The summed E-state index contributed by atoms with van der Waals surface area (Å²) >= 11 is 0. The van der Waals surface area contributed by atoms with E-state index < -0.39 is 0 Å². The molecule has 0 aliphatic heterocycles. The minimum atomic E-state index is 0. The monoisotopic (exact) mass is 263 g/mol. The third kappa shape index (κ3) is 9.02. The van der Waals surface area contributed by atoms with Gasteiger partial charge in [0.05, 0.1) is 0 Å². The quantitative estimate of drug-likeness (QED) is 0.453. The summed E-state index contributed by atoms with van der Waals surface area (Å²) < 4.78 is 0. The van der Waals surface area contributed by atoms with Crippen LogP contribution in [0.25, 0.3) is 0 Å². The third-order valence-corrected chi connectivity index (χ3v) is 0. The Bertz CT molecular complexity index is 8.00. The molecule has 0 saturated carbocycles. The molecule has 1 radical (unpaired) electrons. The van der Waals surface area contributed by atoms with Gasteiger partial charge in [-0.15, -0.1) is 0 Å². The smallest absolute Gasteiger partial charge is 0 e. The third-order valence-electron chi connectivity index (χ3n) is 0. The molecule has 0 amide bonds. The molecule has 0 bridgehead atoms. The second-order valence-corrected chi connectivity index (χ2v) is 0. The molecule has 4 heavy (non-hydrogen) atoms. The summed E-state index contributed by atoms with van der Waals surface area (Å²) in [7, 11) is 0. The zero-order chi connectivity index (χ0) is 0. The van der Waals surface area contributed by atoms with E-state index in [0.717, 1.165) is 0 Å². The Balaban J connectivity index is 0. The summed E-state index contributed by atoms with van der Waals surface area (Å²) in [5, 5.41) is 0. The average molecular weight is 265 g/mol. The van der Waals surface area contributed by atoms with Crippen LogP contribution in [-0.2, 0) is 36.5 Å². The van der Waals surface area contributed by atoms with Gasteiger partial charge >= 0.3 is 25.8 Å². The van der Waals surface area contributed by atoms with Crippen molar-refractivity contribution in [2.45, 2.75) is 0 Å². The fraction of sp³-hybridized carbons (Fsp3) is 0. The Hall–Kier alpha value is 1.97. The van der Waals surface area contributed by atoms with E-state index in [1.807, 2.05) is 0 Å².